The predicted octanol–water partition coefficient (Wildman–Crippen LogP) is 4.34. The Hall–Kier alpha value is -1.32. The maximum absolute atomic E-state index is 10.5. The van der Waals surface area contributed by atoms with E-state index >= 15 is 0 Å². The molecule has 0 unspecified atom stereocenters. The fourth-order valence-electron chi connectivity index (χ4n) is 1.49. The van der Waals surface area contributed by atoms with Gasteiger partial charge in [0.1, 0.15) is 0 Å². The molecule has 0 saturated carbocycles. The van der Waals surface area contributed by atoms with Gasteiger partial charge in [0, 0.05) is 13.8 Å². The molecule has 0 fully saturated rings. The number of carbonyl (C=O) groups excluding carboxylic acids is 1. The molecule has 0 bridgehead atoms. The van der Waals surface area contributed by atoms with Crippen LogP contribution in [0.5, 0.6) is 0 Å². The van der Waals surface area contributed by atoms with Gasteiger partial charge in [0.2, 0.25) is 0 Å². The zero-order valence-corrected chi connectivity index (χ0v) is 13.2. The molecule has 4 heteroatoms. The smallest absolute Gasteiger partial charge is 0.302 e. The van der Waals surface area contributed by atoms with Crippen LogP contribution in [-0.2, 0) is 14.3 Å². The summed E-state index contributed by atoms with van der Waals surface area (Å²) in [5.74, 6) is -1.00. The Kier molecular flexibility index (Phi) is 18.6. The first kappa shape index (κ1) is 21.0. The van der Waals surface area contributed by atoms with E-state index in [9.17, 15) is 4.79 Å². The Morgan fingerprint density at radius 2 is 1.45 bits per heavy atom. The molecule has 0 aliphatic carbocycles. The van der Waals surface area contributed by atoms with Crippen molar-refractivity contribution in [3.8, 4) is 0 Å². The fraction of sp³-hybridized carbons (Fsp3) is 0.750. The molecule has 0 rings (SSSR count). The largest absolute Gasteiger partial charge is 0.481 e. The van der Waals surface area contributed by atoms with Gasteiger partial charge in [0.05, 0.1) is 6.61 Å². The molecule has 1 N–H and O–H groups in total. The van der Waals surface area contributed by atoms with Gasteiger partial charge in [-0.15, -0.1) is 0 Å². The van der Waals surface area contributed by atoms with Crippen LogP contribution in [0.15, 0.2) is 12.2 Å². The Bertz CT molecular complexity index is 255. The molecule has 0 amide bonds. The van der Waals surface area contributed by atoms with E-state index < -0.39 is 5.97 Å². The molecule has 0 aromatic carbocycles. The molecular weight excluding hydrogens is 256 g/mol. The van der Waals surface area contributed by atoms with Crippen molar-refractivity contribution in [1.82, 2.24) is 0 Å². The van der Waals surface area contributed by atoms with Crippen molar-refractivity contribution in [2.75, 3.05) is 6.61 Å². The standard InChI is InChI=1S/C14H26O2.C2H4O2/c1-3-4-5-6-7-8-9-10-11-12-13-16-14(2)15;1-2(3)4/h6-7H,3-5,8-13H2,1-2H3;1H3,(H,3,4)/b7-6-;. The zero-order chi connectivity index (χ0) is 15.6. The van der Waals surface area contributed by atoms with Crippen molar-refractivity contribution >= 4 is 11.9 Å². The summed E-state index contributed by atoms with van der Waals surface area (Å²) in [6.07, 6.45) is 14.2. The summed E-state index contributed by atoms with van der Waals surface area (Å²) >= 11 is 0. The van der Waals surface area contributed by atoms with E-state index in [2.05, 4.69) is 19.1 Å². The molecule has 20 heavy (non-hydrogen) atoms. The van der Waals surface area contributed by atoms with Crippen LogP contribution >= 0.6 is 0 Å². The van der Waals surface area contributed by atoms with Crippen LogP contribution in [-0.4, -0.2) is 23.7 Å². The number of hydrogen-bond acceptors (Lipinski definition) is 3. The summed E-state index contributed by atoms with van der Waals surface area (Å²) in [5.41, 5.74) is 0. The van der Waals surface area contributed by atoms with Crippen LogP contribution in [0.3, 0.4) is 0 Å². The number of rotatable bonds is 10. The number of aliphatic carboxylic acids is 1. The van der Waals surface area contributed by atoms with E-state index in [1.807, 2.05) is 0 Å². The van der Waals surface area contributed by atoms with Crippen molar-refractivity contribution in [3.05, 3.63) is 12.2 Å². The van der Waals surface area contributed by atoms with Gasteiger partial charge in [-0.1, -0.05) is 44.8 Å². The van der Waals surface area contributed by atoms with Gasteiger partial charge >= 0.3 is 5.97 Å². The Morgan fingerprint density at radius 3 is 1.95 bits per heavy atom. The summed E-state index contributed by atoms with van der Waals surface area (Å²) in [7, 11) is 0. The first-order valence-corrected chi connectivity index (χ1v) is 7.48. The SMILES string of the molecule is CC(=O)O.CCCC/C=C\CCCCCCOC(C)=O. The van der Waals surface area contributed by atoms with Gasteiger partial charge in [-0.25, -0.2) is 0 Å². The van der Waals surface area contributed by atoms with Crippen LogP contribution in [0.4, 0.5) is 0 Å². The van der Waals surface area contributed by atoms with Crippen LogP contribution in [0.25, 0.3) is 0 Å². The number of ether oxygens (including phenoxy) is 1. The molecule has 0 saturated heterocycles. The van der Waals surface area contributed by atoms with Crippen molar-refractivity contribution < 1.29 is 19.4 Å². The lowest BCUT2D eigenvalue weighted by Gasteiger charge is -2.00. The average molecular weight is 286 g/mol. The van der Waals surface area contributed by atoms with Crippen molar-refractivity contribution in [3.63, 3.8) is 0 Å². The molecule has 0 aromatic heterocycles. The summed E-state index contributed by atoms with van der Waals surface area (Å²) in [6, 6.07) is 0. The monoisotopic (exact) mass is 286 g/mol. The maximum atomic E-state index is 10.5. The zero-order valence-electron chi connectivity index (χ0n) is 13.2. The van der Waals surface area contributed by atoms with E-state index in [1.165, 1.54) is 45.4 Å². The highest BCUT2D eigenvalue weighted by atomic mass is 16.5. The Balaban J connectivity index is 0. The normalized spacial score (nSPS) is 9.95. The Morgan fingerprint density at radius 1 is 0.950 bits per heavy atom. The van der Waals surface area contributed by atoms with Crippen molar-refractivity contribution in [2.45, 2.75) is 72.1 Å². The molecule has 0 heterocycles. The van der Waals surface area contributed by atoms with Crippen molar-refractivity contribution in [1.29, 1.82) is 0 Å². The molecule has 0 aromatic rings. The second kappa shape index (κ2) is 17.7. The second-order valence-electron chi connectivity index (χ2n) is 4.68. The lowest BCUT2D eigenvalue weighted by atomic mass is 10.1. The highest BCUT2D eigenvalue weighted by Crippen LogP contribution is 2.05. The summed E-state index contributed by atoms with van der Waals surface area (Å²) in [5, 5.41) is 7.42. The average Bonchev–Trinajstić information content (AvgIpc) is 2.35. The maximum Gasteiger partial charge on any atom is 0.302 e. The molecule has 0 atom stereocenters. The molecule has 0 radical (unpaired) electrons. The minimum absolute atomic E-state index is 0.168. The van der Waals surface area contributed by atoms with E-state index in [-0.39, 0.29) is 5.97 Å². The second-order valence-corrected chi connectivity index (χ2v) is 4.68. The van der Waals surface area contributed by atoms with Gasteiger partial charge in [0.15, 0.2) is 0 Å². The highest BCUT2D eigenvalue weighted by molar-refractivity contribution is 5.65. The Labute approximate surface area is 123 Å². The number of allylic oxidation sites excluding steroid dienone is 2. The predicted molar refractivity (Wildman–Crippen MR) is 81.7 cm³/mol. The quantitative estimate of drug-likeness (QED) is 0.368. The van der Waals surface area contributed by atoms with Crippen molar-refractivity contribution in [2.24, 2.45) is 0 Å². The third kappa shape index (κ3) is 30.1. The van der Waals surface area contributed by atoms with Crippen LogP contribution in [0, 0.1) is 0 Å². The van der Waals surface area contributed by atoms with E-state index in [0.717, 1.165) is 19.8 Å². The number of unbranched alkanes of at least 4 members (excludes halogenated alkanes) is 6. The number of carbonyl (C=O) groups is 2. The number of esters is 1. The van der Waals surface area contributed by atoms with Crippen LogP contribution in [0.1, 0.15) is 72.1 Å². The van der Waals surface area contributed by atoms with Gasteiger partial charge < -0.3 is 9.84 Å². The van der Waals surface area contributed by atoms with E-state index in [4.69, 9.17) is 14.6 Å². The van der Waals surface area contributed by atoms with Crippen LogP contribution in [0.2, 0.25) is 0 Å². The molecule has 0 aliphatic rings. The van der Waals surface area contributed by atoms with E-state index in [1.54, 1.807) is 0 Å². The van der Waals surface area contributed by atoms with E-state index in [0.29, 0.717) is 6.61 Å². The molecule has 118 valence electrons. The minimum Gasteiger partial charge on any atom is -0.481 e. The summed E-state index contributed by atoms with van der Waals surface area (Å²) < 4.78 is 4.86. The number of carboxylic acid groups (broad SMARTS) is 1. The third-order valence-corrected chi connectivity index (χ3v) is 2.46. The number of hydrogen-bond donors (Lipinski definition) is 1. The molecule has 4 nitrogen and oxygen atoms in total. The summed E-state index contributed by atoms with van der Waals surface area (Å²) in [6.45, 7) is 5.35. The number of carboxylic acids is 1. The van der Waals surface area contributed by atoms with Gasteiger partial charge in [-0.2, -0.15) is 0 Å². The lowest BCUT2D eigenvalue weighted by Crippen LogP contribution is -1.99. The van der Waals surface area contributed by atoms with Gasteiger partial charge in [-0.3, -0.25) is 9.59 Å². The fourth-order valence-corrected chi connectivity index (χ4v) is 1.49. The van der Waals surface area contributed by atoms with Gasteiger partial charge in [-0.05, 0) is 25.7 Å². The first-order chi connectivity index (χ1) is 9.50. The third-order valence-electron chi connectivity index (χ3n) is 2.46. The molecule has 0 spiro atoms. The molecular formula is C16H30O4. The summed E-state index contributed by atoms with van der Waals surface area (Å²) in [4.78, 5) is 19.5. The highest BCUT2D eigenvalue weighted by Gasteiger charge is 1.92. The molecule has 0 aliphatic heterocycles. The first-order valence-electron chi connectivity index (χ1n) is 7.48. The lowest BCUT2D eigenvalue weighted by molar-refractivity contribution is -0.141. The van der Waals surface area contributed by atoms with Gasteiger partial charge in [0.25, 0.3) is 5.97 Å². The minimum atomic E-state index is -0.833. The topological polar surface area (TPSA) is 63.6 Å². The van der Waals surface area contributed by atoms with Crippen LogP contribution < -0.4 is 0 Å².